The molecule has 3 rings (SSSR count). The van der Waals surface area contributed by atoms with Gasteiger partial charge in [-0.15, -0.1) is 0 Å². The maximum Gasteiger partial charge on any atom is 0.243 e. The Hall–Kier alpha value is -3.09. The second-order valence-electron chi connectivity index (χ2n) is 5.47. The van der Waals surface area contributed by atoms with Gasteiger partial charge in [0.1, 0.15) is 23.1 Å². The molecule has 2 N–H and O–H groups in total. The molecule has 26 heavy (non-hydrogen) atoms. The van der Waals surface area contributed by atoms with E-state index < -0.39 is 26.6 Å². The van der Waals surface area contributed by atoms with Crippen LogP contribution in [0.2, 0.25) is 0 Å². The molecule has 0 radical (unpaired) electrons. The highest BCUT2D eigenvalue weighted by Crippen LogP contribution is 2.36. The van der Waals surface area contributed by atoms with Gasteiger partial charge in [-0.05, 0) is 36.8 Å². The molecule has 0 bridgehead atoms. The number of sulfonamides is 1. The molecule has 3 aromatic rings. The van der Waals surface area contributed by atoms with Crippen LogP contribution >= 0.6 is 0 Å². The Morgan fingerprint density at radius 1 is 1.12 bits per heavy atom. The molecule has 0 aliphatic rings. The second-order valence-corrected chi connectivity index (χ2v) is 6.96. The molecule has 2 aromatic carbocycles. The average Bonchev–Trinajstić information content (AvgIpc) is 2.94. The highest BCUT2D eigenvalue weighted by molar-refractivity contribution is 7.89. The molecule has 0 aliphatic heterocycles. The third-order valence-corrected chi connectivity index (χ3v) is 4.68. The summed E-state index contributed by atoms with van der Waals surface area (Å²) in [5, 5.41) is 17.6. The van der Waals surface area contributed by atoms with Gasteiger partial charge < -0.3 is 4.52 Å². The third-order valence-electron chi connectivity index (χ3n) is 3.72. The Labute approximate surface area is 147 Å². The number of aryl methyl sites for hydroxylation is 1. The molecule has 132 valence electrons. The normalized spacial score (nSPS) is 11.3. The van der Waals surface area contributed by atoms with E-state index in [1.807, 2.05) is 6.07 Å². The molecule has 6 nitrogen and oxygen atoms in total. The lowest BCUT2D eigenvalue weighted by Gasteiger charge is -2.07. The quantitative estimate of drug-likeness (QED) is 0.756. The average molecular weight is 375 g/mol. The van der Waals surface area contributed by atoms with Crippen molar-refractivity contribution in [1.82, 2.24) is 5.16 Å². The third kappa shape index (κ3) is 3.08. The summed E-state index contributed by atoms with van der Waals surface area (Å²) in [7, 11) is -4.55. The molecule has 9 heteroatoms. The monoisotopic (exact) mass is 375 g/mol. The lowest BCUT2D eigenvalue weighted by Crippen LogP contribution is -2.16. The Balaban J connectivity index is 2.20. The maximum absolute atomic E-state index is 14.2. The Kier molecular flexibility index (Phi) is 4.31. The van der Waals surface area contributed by atoms with Crippen molar-refractivity contribution in [2.24, 2.45) is 5.14 Å². The van der Waals surface area contributed by atoms with Gasteiger partial charge in [-0.3, -0.25) is 0 Å². The second kappa shape index (κ2) is 6.33. The minimum Gasteiger partial charge on any atom is -0.360 e. The van der Waals surface area contributed by atoms with Crippen LogP contribution in [0.4, 0.5) is 8.78 Å². The van der Waals surface area contributed by atoms with Gasteiger partial charge in [0.05, 0.1) is 17.2 Å². The van der Waals surface area contributed by atoms with Crippen molar-refractivity contribution in [2.45, 2.75) is 11.8 Å². The zero-order valence-electron chi connectivity index (χ0n) is 13.3. The first-order chi connectivity index (χ1) is 12.2. The molecule has 0 saturated heterocycles. The van der Waals surface area contributed by atoms with Crippen LogP contribution in [0.1, 0.15) is 11.3 Å². The maximum atomic E-state index is 14.2. The van der Waals surface area contributed by atoms with Crippen molar-refractivity contribution in [2.75, 3.05) is 0 Å². The van der Waals surface area contributed by atoms with E-state index in [0.29, 0.717) is 22.4 Å². The van der Waals surface area contributed by atoms with Gasteiger partial charge >= 0.3 is 0 Å². The highest BCUT2D eigenvalue weighted by Gasteiger charge is 2.24. The van der Waals surface area contributed by atoms with Crippen LogP contribution in [-0.2, 0) is 10.0 Å². The van der Waals surface area contributed by atoms with Crippen molar-refractivity contribution in [3.63, 3.8) is 0 Å². The molecular formula is C17H11F2N3O3S. The Morgan fingerprint density at radius 3 is 2.19 bits per heavy atom. The number of hydrogen-bond acceptors (Lipinski definition) is 5. The van der Waals surface area contributed by atoms with E-state index in [2.05, 4.69) is 5.16 Å². The van der Waals surface area contributed by atoms with Crippen molar-refractivity contribution in [1.29, 1.82) is 5.26 Å². The summed E-state index contributed by atoms with van der Waals surface area (Å²) in [6.07, 6.45) is 0. The van der Waals surface area contributed by atoms with Crippen LogP contribution in [0.25, 0.3) is 22.4 Å². The predicted molar refractivity (Wildman–Crippen MR) is 88.1 cm³/mol. The number of aromatic nitrogens is 1. The van der Waals surface area contributed by atoms with Crippen molar-refractivity contribution >= 4 is 10.0 Å². The minimum absolute atomic E-state index is 0.0468. The zero-order chi connectivity index (χ0) is 19.1. The SMILES string of the molecule is Cc1onc(-c2ccc(C#N)cc2)c1-c1cc(F)c(S(N)(=O)=O)c(F)c1. The number of hydrogen-bond donors (Lipinski definition) is 1. The lowest BCUT2D eigenvalue weighted by molar-refractivity contribution is 0.400. The molecule has 0 aliphatic carbocycles. The van der Waals surface area contributed by atoms with Gasteiger partial charge in [-0.2, -0.15) is 5.26 Å². The first-order valence-corrected chi connectivity index (χ1v) is 8.76. The summed E-state index contributed by atoms with van der Waals surface area (Å²) in [5.41, 5.74) is 1.64. The summed E-state index contributed by atoms with van der Waals surface area (Å²) < 4.78 is 56.1. The van der Waals surface area contributed by atoms with Crippen LogP contribution in [-0.4, -0.2) is 13.6 Å². The summed E-state index contributed by atoms with van der Waals surface area (Å²) in [4.78, 5) is -1.20. The molecule has 1 aromatic heterocycles. The van der Waals surface area contributed by atoms with Crippen molar-refractivity contribution in [3.05, 3.63) is 59.4 Å². The summed E-state index contributed by atoms with van der Waals surface area (Å²) in [6, 6.07) is 10.1. The Bertz CT molecular complexity index is 1120. The summed E-state index contributed by atoms with van der Waals surface area (Å²) in [6.45, 7) is 1.55. The lowest BCUT2D eigenvalue weighted by atomic mass is 9.98. The van der Waals surface area contributed by atoms with E-state index in [1.165, 1.54) is 0 Å². The molecule has 0 saturated carbocycles. The molecule has 1 heterocycles. The number of nitrogens with zero attached hydrogens (tertiary/aromatic N) is 2. The molecule has 0 unspecified atom stereocenters. The highest BCUT2D eigenvalue weighted by atomic mass is 32.2. The fraction of sp³-hybridized carbons (Fsp3) is 0.0588. The molecule has 0 spiro atoms. The van der Waals surface area contributed by atoms with Gasteiger partial charge in [0, 0.05) is 5.56 Å². The number of nitrogens with two attached hydrogens (primary N) is 1. The van der Waals surface area contributed by atoms with Crippen LogP contribution in [0, 0.1) is 29.9 Å². The van der Waals surface area contributed by atoms with E-state index in [9.17, 15) is 17.2 Å². The number of primary sulfonamides is 1. The fourth-order valence-corrected chi connectivity index (χ4v) is 3.25. The number of rotatable bonds is 3. The van der Waals surface area contributed by atoms with Crippen molar-refractivity contribution in [3.8, 4) is 28.5 Å². The fourth-order valence-electron chi connectivity index (χ4n) is 2.59. The van der Waals surface area contributed by atoms with Crippen LogP contribution < -0.4 is 5.14 Å². The van der Waals surface area contributed by atoms with E-state index in [-0.39, 0.29) is 11.3 Å². The van der Waals surface area contributed by atoms with Gasteiger partial charge in [0.25, 0.3) is 0 Å². The van der Waals surface area contributed by atoms with Gasteiger partial charge in [-0.1, -0.05) is 17.3 Å². The molecule has 0 fully saturated rings. The van der Waals surface area contributed by atoms with Crippen molar-refractivity contribution < 1.29 is 21.7 Å². The molecule has 0 atom stereocenters. The van der Waals surface area contributed by atoms with E-state index in [4.69, 9.17) is 14.9 Å². The van der Waals surface area contributed by atoms with Crippen LogP contribution in [0.5, 0.6) is 0 Å². The molecular weight excluding hydrogens is 364 g/mol. The largest absolute Gasteiger partial charge is 0.360 e. The summed E-state index contributed by atoms with van der Waals surface area (Å²) >= 11 is 0. The number of benzene rings is 2. The minimum atomic E-state index is -4.55. The first kappa shape index (κ1) is 17.7. The predicted octanol–water partition coefficient (Wildman–Crippen LogP) is 3.11. The smallest absolute Gasteiger partial charge is 0.243 e. The number of halogens is 2. The molecule has 0 amide bonds. The summed E-state index contributed by atoms with van der Waals surface area (Å²) in [5.74, 6) is -2.34. The van der Waals surface area contributed by atoms with E-state index in [0.717, 1.165) is 12.1 Å². The zero-order valence-corrected chi connectivity index (χ0v) is 14.1. The van der Waals surface area contributed by atoms with E-state index >= 15 is 0 Å². The topological polar surface area (TPSA) is 110 Å². The standard InChI is InChI=1S/C17H11F2N3O3S/c1-9-15(12-6-13(18)17(14(19)7-12)26(21,23)24)16(22-25-9)11-4-2-10(8-20)3-5-11/h2-7H,1H3,(H2,21,23,24). The number of nitriles is 1. The van der Waals surface area contributed by atoms with Gasteiger partial charge in [0.15, 0.2) is 4.90 Å². The van der Waals surface area contributed by atoms with Gasteiger partial charge in [-0.25, -0.2) is 22.3 Å². The van der Waals surface area contributed by atoms with Crippen LogP contribution in [0.15, 0.2) is 45.8 Å². The Morgan fingerprint density at radius 2 is 1.69 bits per heavy atom. The van der Waals surface area contributed by atoms with Gasteiger partial charge in [0.2, 0.25) is 10.0 Å². The van der Waals surface area contributed by atoms with E-state index in [1.54, 1.807) is 31.2 Å². The van der Waals surface area contributed by atoms with Crippen LogP contribution in [0.3, 0.4) is 0 Å². The first-order valence-electron chi connectivity index (χ1n) is 7.21.